The highest BCUT2D eigenvalue weighted by molar-refractivity contribution is 5.69. The molecule has 4 N–H and O–H groups in total. The van der Waals surface area contributed by atoms with Crippen molar-refractivity contribution in [3.8, 4) is 0 Å². The number of aliphatic hydroxyl groups excluding tert-OH is 3. The fourth-order valence-corrected chi connectivity index (χ4v) is 8.95. The molecule has 5 unspecified atom stereocenters. The Balaban J connectivity index is 1.61. The molecule has 0 bridgehead atoms. The summed E-state index contributed by atoms with van der Waals surface area (Å²) in [4.78, 5) is 11.4. The highest BCUT2D eigenvalue weighted by atomic mass is 16.4. The molecular weight excluding hydrogens is 380 g/mol. The van der Waals surface area contributed by atoms with Gasteiger partial charge in [-0.25, -0.2) is 0 Å². The number of carboxylic acids is 1. The van der Waals surface area contributed by atoms with Crippen molar-refractivity contribution in [3.05, 3.63) is 0 Å². The Bertz CT molecular complexity index is 666. The summed E-state index contributed by atoms with van der Waals surface area (Å²) in [6, 6.07) is 0. The second-order valence-electron chi connectivity index (χ2n) is 12.0. The van der Waals surface area contributed by atoms with Crippen LogP contribution in [0.4, 0.5) is 0 Å². The SMILES string of the molecule is CC(C[C@@H](C)[C@H]1CCC2C3C(C[C@H](O)[C@@]21C)[C@@]1(C)CC[C@@H](O)CC1C[C@H]3O)C(=O)O. The maximum absolute atomic E-state index is 11.5. The number of aliphatic carboxylic acids is 1. The third kappa shape index (κ3) is 3.26. The molecule has 0 aliphatic heterocycles. The zero-order chi connectivity index (χ0) is 22.0. The molecule has 4 rings (SSSR count). The predicted octanol–water partition coefficient (Wildman–Crippen LogP) is 3.69. The van der Waals surface area contributed by atoms with E-state index >= 15 is 0 Å². The number of rotatable bonds is 4. The summed E-state index contributed by atoms with van der Waals surface area (Å²) in [7, 11) is 0. The highest BCUT2D eigenvalue weighted by Gasteiger charge is 2.65. The maximum atomic E-state index is 11.5. The van der Waals surface area contributed by atoms with Gasteiger partial charge in [0.1, 0.15) is 0 Å². The van der Waals surface area contributed by atoms with E-state index < -0.39 is 12.1 Å². The monoisotopic (exact) mass is 422 g/mol. The minimum Gasteiger partial charge on any atom is -0.481 e. The van der Waals surface area contributed by atoms with E-state index in [1.165, 1.54) is 0 Å². The van der Waals surface area contributed by atoms with Gasteiger partial charge in [0.25, 0.3) is 0 Å². The van der Waals surface area contributed by atoms with E-state index in [-0.39, 0.29) is 40.8 Å². The number of hydrogen-bond acceptors (Lipinski definition) is 4. The fourth-order valence-electron chi connectivity index (χ4n) is 8.95. The van der Waals surface area contributed by atoms with Crippen LogP contribution >= 0.6 is 0 Å². The molecule has 0 aromatic rings. The fraction of sp³-hybridized carbons (Fsp3) is 0.960. The van der Waals surface area contributed by atoms with Crippen molar-refractivity contribution >= 4 is 5.97 Å². The molecule has 0 saturated heterocycles. The van der Waals surface area contributed by atoms with Crippen molar-refractivity contribution in [1.29, 1.82) is 0 Å². The van der Waals surface area contributed by atoms with E-state index in [0.29, 0.717) is 30.1 Å². The molecule has 0 heterocycles. The molecule has 4 fully saturated rings. The lowest BCUT2D eigenvalue weighted by molar-refractivity contribution is -0.207. The molecule has 0 aromatic heterocycles. The van der Waals surface area contributed by atoms with Crippen molar-refractivity contribution < 1.29 is 25.2 Å². The third-order valence-electron chi connectivity index (χ3n) is 10.7. The first kappa shape index (κ1) is 22.5. The molecule has 0 amide bonds. The normalized spacial score (nSPS) is 52.6. The Morgan fingerprint density at radius 1 is 1.00 bits per heavy atom. The number of fused-ring (bicyclic) bond motifs is 5. The zero-order valence-corrected chi connectivity index (χ0v) is 19.1. The van der Waals surface area contributed by atoms with Crippen LogP contribution in [0.15, 0.2) is 0 Å². The Kier molecular flexibility index (Phi) is 5.81. The summed E-state index contributed by atoms with van der Waals surface area (Å²) >= 11 is 0. The van der Waals surface area contributed by atoms with Gasteiger partial charge in [-0.05, 0) is 97.7 Å². The van der Waals surface area contributed by atoms with Gasteiger partial charge in [-0.15, -0.1) is 0 Å². The van der Waals surface area contributed by atoms with Gasteiger partial charge in [0.15, 0.2) is 0 Å². The first-order chi connectivity index (χ1) is 14.0. The van der Waals surface area contributed by atoms with Crippen LogP contribution in [-0.4, -0.2) is 44.7 Å². The Hall–Kier alpha value is -0.650. The quantitative estimate of drug-likeness (QED) is 0.554. The van der Waals surface area contributed by atoms with Gasteiger partial charge in [0.2, 0.25) is 0 Å². The van der Waals surface area contributed by atoms with Crippen molar-refractivity contribution in [1.82, 2.24) is 0 Å². The topological polar surface area (TPSA) is 98.0 Å². The molecule has 30 heavy (non-hydrogen) atoms. The van der Waals surface area contributed by atoms with Gasteiger partial charge < -0.3 is 20.4 Å². The molecule has 5 heteroatoms. The number of aliphatic hydroxyl groups is 3. The van der Waals surface area contributed by atoms with Gasteiger partial charge in [-0.3, -0.25) is 4.79 Å². The van der Waals surface area contributed by atoms with Crippen LogP contribution in [0.5, 0.6) is 0 Å². The lowest BCUT2D eigenvalue weighted by Gasteiger charge is -2.63. The number of carboxylic acid groups (broad SMARTS) is 1. The van der Waals surface area contributed by atoms with E-state index in [0.717, 1.165) is 44.9 Å². The summed E-state index contributed by atoms with van der Waals surface area (Å²) in [6.45, 7) is 8.52. The second kappa shape index (κ2) is 7.74. The van der Waals surface area contributed by atoms with E-state index in [2.05, 4.69) is 20.8 Å². The smallest absolute Gasteiger partial charge is 0.306 e. The summed E-state index contributed by atoms with van der Waals surface area (Å²) in [6.07, 6.45) is 5.75. The highest BCUT2D eigenvalue weighted by Crippen LogP contribution is 2.68. The van der Waals surface area contributed by atoms with Crippen molar-refractivity contribution in [3.63, 3.8) is 0 Å². The largest absolute Gasteiger partial charge is 0.481 e. The Morgan fingerprint density at radius 2 is 1.70 bits per heavy atom. The van der Waals surface area contributed by atoms with Crippen molar-refractivity contribution in [2.24, 2.45) is 52.3 Å². The minimum absolute atomic E-state index is 0.0902. The molecule has 12 atom stereocenters. The number of hydrogen-bond donors (Lipinski definition) is 4. The zero-order valence-electron chi connectivity index (χ0n) is 19.1. The third-order valence-corrected chi connectivity index (χ3v) is 10.7. The molecule has 4 saturated carbocycles. The van der Waals surface area contributed by atoms with Crippen molar-refractivity contribution in [2.45, 2.75) is 97.4 Å². The molecule has 0 aromatic carbocycles. The van der Waals surface area contributed by atoms with E-state index in [9.17, 15) is 25.2 Å². The average molecular weight is 423 g/mol. The predicted molar refractivity (Wildman–Crippen MR) is 115 cm³/mol. The molecule has 4 aliphatic rings. The van der Waals surface area contributed by atoms with Crippen LogP contribution in [0.1, 0.15) is 79.1 Å². The molecule has 0 radical (unpaired) electrons. The van der Waals surface area contributed by atoms with Crippen LogP contribution in [0.25, 0.3) is 0 Å². The Labute approximate surface area is 181 Å². The summed E-state index contributed by atoms with van der Waals surface area (Å²) in [5.41, 5.74) is -0.163. The van der Waals surface area contributed by atoms with Gasteiger partial charge >= 0.3 is 5.97 Å². The van der Waals surface area contributed by atoms with Crippen LogP contribution < -0.4 is 0 Å². The van der Waals surface area contributed by atoms with Crippen LogP contribution in [0, 0.1) is 52.3 Å². The van der Waals surface area contributed by atoms with Crippen LogP contribution in [0.2, 0.25) is 0 Å². The Morgan fingerprint density at radius 3 is 2.37 bits per heavy atom. The standard InChI is InChI=1S/C25H42O5/c1-13(9-14(2)23(29)30)17-5-6-18-22-19(12-21(28)25(17,18)4)24(3)8-7-16(26)10-15(24)11-20(22)27/h13-22,26-28H,5-12H2,1-4H3,(H,29,30)/t13-,14?,15?,16-,17-,18?,19?,20-,21+,22?,24+,25-/m1/s1. The van der Waals surface area contributed by atoms with Gasteiger partial charge in [0.05, 0.1) is 24.2 Å². The van der Waals surface area contributed by atoms with Gasteiger partial charge in [-0.1, -0.05) is 27.7 Å². The molecule has 5 nitrogen and oxygen atoms in total. The summed E-state index contributed by atoms with van der Waals surface area (Å²) < 4.78 is 0. The second-order valence-corrected chi connectivity index (χ2v) is 12.0. The lowest BCUT2D eigenvalue weighted by Crippen LogP contribution is -2.62. The maximum Gasteiger partial charge on any atom is 0.306 e. The van der Waals surface area contributed by atoms with Crippen LogP contribution in [-0.2, 0) is 4.79 Å². The average Bonchev–Trinajstić information content (AvgIpc) is 3.02. The number of carbonyl (C=O) groups is 1. The molecular formula is C25H42O5. The summed E-state index contributed by atoms with van der Waals surface area (Å²) in [5, 5.41) is 42.4. The van der Waals surface area contributed by atoms with Gasteiger partial charge in [0, 0.05) is 0 Å². The lowest BCUT2D eigenvalue weighted by atomic mass is 9.43. The minimum atomic E-state index is -0.744. The van der Waals surface area contributed by atoms with E-state index in [4.69, 9.17) is 0 Å². The van der Waals surface area contributed by atoms with Crippen LogP contribution in [0.3, 0.4) is 0 Å². The van der Waals surface area contributed by atoms with Crippen molar-refractivity contribution in [2.75, 3.05) is 0 Å². The van der Waals surface area contributed by atoms with E-state index in [1.54, 1.807) is 6.92 Å². The summed E-state index contributed by atoms with van der Waals surface area (Å²) in [5.74, 6) is 0.567. The first-order valence-electron chi connectivity index (χ1n) is 12.3. The van der Waals surface area contributed by atoms with Gasteiger partial charge in [-0.2, -0.15) is 0 Å². The van der Waals surface area contributed by atoms with E-state index in [1.807, 2.05) is 0 Å². The molecule has 172 valence electrons. The molecule has 4 aliphatic carbocycles. The molecule has 0 spiro atoms. The first-order valence-corrected chi connectivity index (χ1v) is 12.3.